The molecule has 1 aliphatic heterocycles. The van der Waals surface area contributed by atoms with Crippen LogP contribution in [0.3, 0.4) is 0 Å². The fraction of sp³-hybridized carbons (Fsp3) is 0.533. The van der Waals surface area contributed by atoms with Gasteiger partial charge in [-0.1, -0.05) is 30.3 Å². The van der Waals surface area contributed by atoms with Crippen molar-refractivity contribution in [2.24, 2.45) is 17.6 Å². The maximum Gasteiger partial charge on any atom is 0.326 e. The zero-order valence-corrected chi connectivity index (χ0v) is 11.0. The Kier molecular flexibility index (Phi) is 3.29. The summed E-state index contributed by atoms with van der Waals surface area (Å²) in [5, 5.41) is 3.32. The normalized spacial score (nSPS) is 33.1. The number of nitrogens with one attached hydrogen (secondary N) is 1. The molecule has 1 heterocycles. The second kappa shape index (κ2) is 4.94. The summed E-state index contributed by atoms with van der Waals surface area (Å²) in [6.45, 7) is 2.13. The van der Waals surface area contributed by atoms with Crippen LogP contribution in [0.15, 0.2) is 30.3 Å². The molecule has 2 aliphatic rings. The number of carbonyl (C=O) groups is 1. The van der Waals surface area contributed by atoms with Crippen molar-refractivity contribution in [1.29, 1.82) is 0 Å². The van der Waals surface area contributed by atoms with Gasteiger partial charge >= 0.3 is 5.97 Å². The molecule has 4 nitrogen and oxygen atoms in total. The molecule has 19 heavy (non-hydrogen) atoms. The molecule has 0 radical (unpaired) electrons. The molecule has 0 amide bonds. The largest absolute Gasteiger partial charge is 0.459 e. The Hall–Kier alpha value is -1.39. The van der Waals surface area contributed by atoms with Crippen LogP contribution in [0, 0.1) is 11.8 Å². The van der Waals surface area contributed by atoms with Crippen LogP contribution in [0.25, 0.3) is 0 Å². The van der Waals surface area contributed by atoms with Gasteiger partial charge in [-0.2, -0.15) is 0 Å². The molecule has 102 valence electrons. The quantitative estimate of drug-likeness (QED) is 0.798. The fourth-order valence-corrected chi connectivity index (χ4v) is 3.36. The van der Waals surface area contributed by atoms with Crippen LogP contribution in [0.1, 0.15) is 18.4 Å². The highest BCUT2D eigenvalue weighted by molar-refractivity contribution is 5.81. The molecule has 3 rings (SSSR count). The minimum absolute atomic E-state index is 0.232. The molecule has 0 bridgehead atoms. The molecule has 1 aromatic carbocycles. The molecule has 0 spiro atoms. The lowest BCUT2D eigenvalue weighted by Gasteiger charge is -2.28. The van der Waals surface area contributed by atoms with E-state index >= 15 is 0 Å². The van der Waals surface area contributed by atoms with Gasteiger partial charge in [0, 0.05) is 12.5 Å². The summed E-state index contributed by atoms with van der Waals surface area (Å²) < 4.78 is 5.43. The molecular weight excluding hydrogens is 240 g/mol. The summed E-state index contributed by atoms with van der Waals surface area (Å²) in [5.74, 6) is 0.526. The third kappa shape index (κ3) is 2.26. The summed E-state index contributed by atoms with van der Waals surface area (Å²) in [7, 11) is 0. The third-order valence-corrected chi connectivity index (χ3v) is 4.52. The smallest absolute Gasteiger partial charge is 0.326 e. The minimum Gasteiger partial charge on any atom is -0.459 e. The Labute approximate surface area is 113 Å². The summed E-state index contributed by atoms with van der Waals surface area (Å²) in [5.41, 5.74) is 6.55. The summed E-state index contributed by atoms with van der Waals surface area (Å²) in [6, 6.07) is 9.72. The number of hydrogen-bond acceptors (Lipinski definition) is 4. The number of benzene rings is 1. The molecule has 0 aromatic heterocycles. The van der Waals surface area contributed by atoms with Gasteiger partial charge in [-0.3, -0.25) is 4.79 Å². The maximum atomic E-state index is 12.3. The highest BCUT2D eigenvalue weighted by Gasteiger charge is 2.53. The van der Waals surface area contributed by atoms with Crippen LogP contribution in [0.5, 0.6) is 0 Å². The first-order chi connectivity index (χ1) is 9.20. The second-order valence-electron chi connectivity index (χ2n) is 5.67. The molecular formula is C15H20N2O2. The Morgan fingerprint density at radius 1 is 1.37 bits per heavy atom. The molecule has 3 atom stereocenters. The first-order valence-electron chi connectivity index (χ1n) is 6.91. The van der Waals surface area contributed by atoms with Crippen molar-refractivity contribution in [1.82, 2.24) is 5.32 Å². The lowest BCUT2D eigenvalue weighted by Crippen LogP contribution is -2.53. The molecule has 4 heteroatoms. The van der Waals surface area contributed by atoms with E-state index in [1.165, 1.54) is 0 Å². The predicted molar refractivity (Wildman–Crippen MR) is 72.2 cm³/mol. The van der Waals surface area contributed by atoms with Gasteiger partial charge in [-0.15, -0.1) is 0 Å². The zero-order chi connectivity index (χ0) is 13.3. The first kappa shape index (κ1) is 12.6. The molecule has 1 aromatic rings. The van der Waals surface area contributed by atoms with Gasteiger partial charge in [0.1, 0.15) is 12.1 Å². The molecule has 3 N–H and O–H groups in total. The SMILES string of the molecule is NC1(C(=O)OCc2ccccc2)CCC2CNCC21. The van der Waals surface area contributed by atoms with E-state index in [4.69, 9.17) is 10.5 Å². The highest BCUT2D eigenvalue weighted by Crippen LogP contribution is 2.41. The number of esters is 1. The Bertz CT molecular complexity index is 462. The Morgan fingerprint density at radius 2 is 2.16 bits per heavy atom. The van der Waals surface area contributed by atoms with Crippen LogP contribution in [0.2, 0.25) is 0 Å². The lowest BCUT2D eigenvalue weighted by atomic mass is 9.86. The van der Waals surface area contributed by atoms with Gasteiger partial charge in [-0.25, -0.2) is 0 Å². The van der Waals surface area contributed by atoms with Crippen molar-refractivity contribution in [2.45, 2.75) is 25.0 Å². The average Bonchev–Trinajstić information content (AvgIpc) is 3.02. The van der Waals surface area contributed by atoms with Crippen LogP contribution in [0.4, 0.5) is 0 Å². The number of ether oxygens (including phenoxy) is 1. The summed E-state index contributed by atoms with van der Waals surface area (Å²) >= 11 is 0. The summed E-state index contributed by atoms with van der Waals surface area (Å²) in [4.78, 5) is 12.3. The number of fused-ring (bicyclic) bond motifs is 1. The van der Waals surface area contributed by atoms with Gasteiger partial charge in [-0.05, 0) is 30.9 Å². The fourth-order valence-electron chi connectivity index (χ4n) is 3.36. The monoisotopic (exact) mass is 260 g/mol. The van der Waals surface area contributed by atoms with E-state index in [0.29, 0.717) is 12.5 Å². The number of nitrogens with two attached hydrogens (primary N) is 1. The van der Waals surface area contributed by atoms with E-state index in [0.717, 1.165) is 31.5 Å². The van der Waals surface area contributed by atoms with Crippen LogP contribution in [-0.4, -0.2) is 24.6 Å². The van der Waals surface area contributed by atoms with E-state index in [2.05, 4.69) is 5.32 Å². The molecule has 1 saturated heterocycles. The van der Waals surface area contributed by atoms with Gasteiger partial charge in [0.2, 0.25) is 0 Å². The number of carbonyl (C=O) groups excluding carboxylic acids is 1. The van der Waals surface area contributed by atoms with Crippen molar-refractivity contribution in [3.8, 4) is 0 Å². The standard InChI is InChI=1S/C15H20N2O2/c16-15(7-6-12-8-17-9-13(12)15)14(18)19-10-11-4-2-1-3-5-11/h1-5,12-13,17H,6-10,16H2. The predicted octanol–water partition coefficient (Wildman–Crippen LogP) is 1.06. The van der Waals surface area contributed by atoms with Gasteiger partial charge in [0.05, 0.1) is 0 Å². The van der Waals surface area contributed by atoms with Crippen molar-refractivity contribution in [3.05, 3.63) is 35.9 Å². The topological polar surface area (TPSA) is 64.4 Å². The van der Waals surface area contributed by atoms with Crippen LogP contribution >= 0.6 is 0 Å². The van der Waals surface area contributed by atoms with Crippen molar-refractivity contribution < 1.29 is 9.53 Å². The third-order valence-electron chi connectivity index (χ3n) is 4.52. The first-order valence-corrected chi connectivity index (χ1v) is 6.91. The van der Waals surface area contributed by atoms with Gasteiger partial charge < -0.3 is 15.8 Å². The Morgan fingerprint density at radius 3 is 2.95 bits per heavy atom. The Balaban J connectivity index is 1.64. The molecule has 1 aliphatic carbocycles. The number of rotatable bonds is 3. The zero-order valence-electron chi connectivity index (χ0n) is 11.0. The minimum atomic E-state index is -0.789. The lowest BCUT2D eigenvalue weighted by molar-refractivity contribution is -0.153. The average molecular weight is 260 g/mol. The van der Waals surface area contributed by atoms with Crippen molar-refractivity contribution in [3.63, 3.8) is 0 Å². The maximum absolute atomic E-state index is 12.3. The molecule has 3 unspecified atom stereocenters. The van der Waals surface area contributed by atoms with E-state index in [-0.39, 0.29) is 11.9 Å². The van der Waals surface area contributed by atoms with Gasteiger partial charge in [0.15, 0.2) is 0 Å². The number of hydrogen-bond donors (Lipinski definition) is 2. The van der Waals surface area contributed by atoms with Crippen molar-refractivity contribution >= 4 is 5.97 Å². The van der Waals surface area contributed by atoms with Crippen LogP contribution in [-0.2, 0) is 16.1 Å². The van der Waals surface area contributed by atoms with Crippen LogP contribution < -0.4 is 11.1 Å². The second-order valence-corrected chi connectivity index (χ2v) is 5.67. The van der Waals surface area contributed by atoms with Gasteiger partial charge in [0.25, 0.3) is 0 Å². The van der Waals surface area contributed by atoms with E-state index in [1.807, 2.05) is 30.3 Å². The van der Waals surface area contributed by atoms with E-state index in [1.54, 1.807) is 0 Å². The van der Waals surface area contributed by atoms with Crippen molar-refractivity contribution in [2.75, 3.05) is 13.1 Å². The molecule has 2 fully saturated rings. The summed E-state index contributed by atoms with van der Waals surface area (Å²) in [6.07, 6.45) is 1.77. The molecule has 1 saturated carbocycles. The highest BCUT2D eigenvalue weighted by atomic mass is 16.5. The van der Waals surface area contributed by atoms with E-state index in [9.17, 15) is 4.79 Å². The van der Waals surface area contributed by atoms with E-state index < -0.39 is 5.54 Å².